The third-order valence-electron chi connectivity index (χ3n) is 4.25. The standard InChI is InChI=1S/C18H19BrO/c1-12-8-9-16(17(19)10-12)18(20)15-7-3-6-14(11-15)13-4-2-5-13/h3,6-11,13,18,20H,2,4-5H2,1H3. The maximum Gasteiger partial charge on any atom is 0.105 e. The highest BCUT2D eigenvalue weighted by molar-refractivity contribution is 9.10. The Hall–Kier alpha value is -1.12. The zero-order valence-corrected chi connectivity index (χ0v) is 13.2. The van der Waals surface area contributed by atoms with Crippen LogP contribution in [0.5, 0.6) is 0 Å². The van der Waals surface area contributed by atoms with Crippen molar-refractivity contribution in [3.8, 4) is 0 Å². The first-order valence-corrected chi connectivity index (χ1v) is 7.98. The minimum atomic E-state index is -0.565. The Bertz CT molecular complexity index is 617. The molecule has 1 fully saturated rings. The fraction of sp³-hybridized carbons (Fsp3) is 0.333. The molecule has 1 nitrogen and oxygen atoms in total. The fourth-order valence-electron chi connectivity index (χ4n) is 2.76. The minimum Gasteiger partial charge on any atom is -0.384 e. The summed E-state index contributed by atoms with van der Waals surface area (Å²) in [7, 11) is 0. The summed E-state index contributed by atoms with van der Waals surface area (Å²) < 4.78 is 0.971. The molecule has 0 aliphatic heterocycles. The van der Waals surface area contributed by atoms with Crippen molar-refractivity contribution >= 4 is 15.9 Å². The van der Waals surface area contributed by atoms with Gasteiger partial charge < -0.3 is 5.11 Å². The van der Waals surface area contributed by atoms with E-state index >= 15 is 0 Å². The van der Waals surface area contributed by atoms with Crippen LogP contribution >= 0.6 is 15.9 Å². The molecule has 1 aliphatic carbocycles. The molecule has 0 spiro atoms. The highest BCUT2D eigenvalue weighted by atomic mass is 79.9. The summed E-state index contributed by atoms with van der Waals surface area (Å²) >= 11 is 3.56. The predicted octanol–water partition coefficient (Wildman–Crippen LogP) is 5.11. The van der Waals surface area contributed by atoms with E-state index in [2.05, 4.69) is 41.1 Å². The van der Waals surface area contributed by atoms with Crippen LogP contribution in [-0.4, -0.2) is 5.11 Å². The molecule has 2 aromatic carbocycles. The second kappa shape index (κ2) is 5.71. The highest BCUT2D eigenvalue weighted by Crippen LogP contribution is 2.38. The third-order valence-corrected chi connectivity index (χ3v) is 4.94. The molecule has 0 radical (unpaired) electrons. The molecule has 0 amide bonds. The Labute approximate surface area is 128 Å². The number of aliphatic hydroxyl groups is 1. The highest BCUT2D eigenvalue weighted by Gasteiger charge is 2.21. The van der Waals surface area contributed by atoms with Crippen LogP contribution in [0.2, 0.25) is 0 Å². The van der Waals surface area contributed by atoms with E-state index in [0.29, 0.717) is 5.92 Å². The Morgan fingerprint density at radius 3 is 2.60 bits per heavy atom. The van der Waals surface area contributed by atoms with Crippen molar-refractivity contribution in [1.29, 1.82) is 0 Å². The SMILES string of the molecule is Cc1ccc(C(O)c2cccc(C3CCC3)c2)c(Br)c1. The lowest BCUT2D eigenvalue weighted by atomic mass is 9.79. The molecule has 1 atom stereocenters. The quantitative estimate of drug-likeness (QED) is 0.829. The number of hydrogen-bond donors (Lipinski definition) is 1. The predicted molar refractivity (Wildman–Crippen MR) is 86.0 cm³/mol. The van der Waals surface area contributed by atoms with Crippen LogP contribution in [0.3, 0.4) is 0 Å². The summed E-state index contributed by atoms with van der Waals surface area (Å²) in [6.45, 7) is 2.05. The normalized spacial score (nSPS) is 16.8. The van der Waals surface area contributed by atoms with E-state index in [0.717, 1.165) is 15.6 Å². The lowest BCUT2D eigenvalue weighted by Gasteiger charge is -2.26. The lowest BCUT2D eigenvalue weighted by Crippen LogP contribution is -2.10. The molecule has 0 aromatic heterocycles. The summed E-state index contributed by atoms with van der Waals surface area (Å²) in [6.07, 6.45) is 3.34. The molecule has 1 unspecified atom stereocenters. The Morgan fingerprint density at radius 2 is 1.95 bits per heavy atom. The van der Waals surface area contributed by atoms with E-state index in [1.165, 1.54) is 30.4 Å². The first-order valence-electron chi connectivity index (χ1n) is 7.19. The van der Waals surface area contributed by atoms with Gasteiger partial charge in [0.25, 0.3) is 0 Å². The smallest absolute Gasteiger partial charge is 0.105 e. The third kappa shape index (κ3) is 2.68. The minimum absolute atomic E-state index is 0.565. The average molecular weight is 331 g/mol. The van der Waals surface area contributed by atoms with E-state index in [1.807, 2.05) is 24.3 Å². The second-order valence-electron chi connectivity index (χ2n) is 5.73. The summed E-state index contributed by atoms with van der Waals surface area (Å²) in [5.41, 5.74) is 4.48. The van der Waals surface area contributed by atoms with Gasteiger partial charge >= 0.3 is 0 Å². The zero-order valence-electron chi connectivity index (χ0n) is 11.6. The number of benzene rings is 2. The van der Waals surface area contributed by atoms with E-state index in [4.69, 9.17) is 0 Å². The van der Waals surface area contributed by atoms with Gasteiger partial charge in [0.05, 0.1) is 0 Å². The van der Waals surface area contributed by atoms with E-state index in [1.54, 1.807) is 0 Å². The molecule has 0 saturated heterocycles. The van der Waals surface area contributed by atoms with Gasteiger partial charge in [0.2, 0.25) is 0 Å². The number of aliphatic hydroxyl groups excluding tert-OH is 1. The Morgan fingerprint density at radius 1 is 1.15 bits per heavy atom. The number of hydrogen-bond acceptors (Lipinski definition) is 1. The van der Waals surface area contributed by atoms with Crippen LogP contribution in [0.15, 0.2) is 46.9 Å². The lowest BCUT2D eigenvalue weighted by molar-refractivity contribution is 0.219. The average Bonchev–Trinajstić information content (AvgIpc) is 2.36. The van der Waals surface area contributed by atoms with Crippen molar-refractivity contribution in [1.82, 2.24) is 0 Å². The van der Waals surface area contributed by atoms with Gasteiger partial charge in [-0.2, -0.15) is 0 Å². The first-order chi connectivity index (χ1) is 9.65. The van der Waals surface area contributed by atoms with Crippen LogP contribution < -0.4 is 0 Å². The monoisotopic (exact) mass is 330 g/mol. The molecule has 20 heavy (non-hydrogen) atoms. The van der Waals surface area contributed by atoms with Gasteiger partial charge in [-0.3, -0.25) is 0 Å². The van der Waals surface area contributed by atoms with Gasteiger partial charge in [-0.05, 0) is 54.0 Å². The van der Waals surface area contributed by atoms with Gasteiger partial charge in [0, 0.05) is 4.47 Å². The van der Waals surface area contributed by atoms with Crippen molar-refractivity contribution in [2.75, 3.05) is 0 Å². The molecule has 2 heteroatoms. The van der Waals surface area contributed by atoms with Crippen LogP contribution in [0.4, 0.5) is 0 Å². The van der Waals surface area contributed by atoms with Crippen molar-refractivity contribution in [2.24, 2.45) is 0 Å². The van der Waals surface area contributed by atoms with Gasteiger partial charge in [0.15, 0.2) is 0 Å². The van der Waals surface area contributed by atoms with E-state index < -0.39 is 6.10 Å². The first kappa shape index (κ1) is 13.8. The van der Waals surface area contributed by atoms with Crippen molar-refractivity contribution in [3.63, 3.8) is 0 Å². The molecular formula is C18H19BrO. The Kier molecular flexibility index (Phi) is 3.95. The molecule has 1 saturated carbocycles. The molecule has 0 heterocycles. The Balaban J connectivity index is 1.91. The van der Waals surface area contributed by atoms with E-state index in [9.17, 15) is 5.11 Å². The molecule has 2 aromatic rings. The number of aryl methyl sites for hydroxylation is 1. The molecule has 1 aliphatic rings. The van der Waals surface area contributed by atoms with Crippen molar-refractivity contribution in [3.05, 3.63) is 69.2 Å². The summed E-state index contributed by atoms with van der Waals surface area (Å²) in [5.74, 6) is 0.698. The van der Waals surface area contributed by atoms with Crippen LogP contribution in [0.1, 0.15) is 53.5 Å². The van der Waals surface area contributed by atoms with Gasteiger partial charge in [-0.25, -0.2) is 0 Å². The molecular weight excluding hydrogens is 312 g/mol. The molecule has 0 bridgehead atoms. The molecule has 3 rings (SSSR count). The van der Waals surface area contributed by atoms with Gasteiger partial charge in [-0.1, -0.05) is 58.7 Å². The van der Waals surface area contributed by atoms with Gasteiger partial charge in [-0.15, -0.1) is 0 Å². The second-order valence-corrected chi connectivity index (χ2v) is 6.58. The van der Waals surface area contributed by atoms with Crippen LogP contribution in [-0.2, 0) is 0 Å². The zero-order chi connectivity index (χ0) is 14.1. The molecule has 1 N–H and O–H groups in total. The topological polar surface area (TPSA) is 20.2 Å². The number of rotatable bonds is 3. The van der Waals surface area contributed by atoms with Crippen molar-refractivity contribution in [2.45, 2.75) is 38.2 Å². The van der Waals surface area contributed by atoms with Crippen molar-refractivity contribution < 1.29 is 5.11 Å². The van der Waals surface area contributed by atoms with Crippen LogP contribution in [0, 0.1) is 6.92 Å². The van der Waals surface area contributed by atoms with Gasteiger partial charge in [0.1, 0.15) is 6.10 Å². The maximum atomic E-state index is 10.6. The number of halogens is 1. The maximum absolute atomic E-state index is 10.6. The summed E-state index contributed by atoms with van der Waals surface area (Å²) in [4.78, 5) is 0. The van der Waals surface area contributed by atoms with E-state index in [-0.39, 0.29) is 0 Å². The van der Waals surface area contributed by atoms with Crippen LogP contribution in [0.25, 0.3) is 0 Å². The summed E-state index contributed by atoms with van der Waals surface area (Å²) in [5, 5.41) is 10.6. The summed E-state index contributed by atoms with van der Waals surface area (Å²) in [6, 6.07) is 14.5. The largest absolute Gasteiger partial charge is 0.384 e. The molecule has 104 valence electrons. The fourth-order valence-corrected chi connectivity index (χ4v) is 3.47.